The van der Waals surface area contributed by atoms with Gasteiger partial charge in [-0.3, -0.25) is 19.2 Å². The van der Waals surface area contributed by atoms with Crippen molar-refractivity contribution in [2.75, 3.05) is 145 Å². The number of piperidine rings is 1. The number of aromatic nitrogens is 5. The van der Waals surface area contributed by atoms with Crippen molar-refractivity contribution in [2.24, 2.45) is 35.3 Å². The first-order valence-electron chi connectivity index (χ1n) is 42.5. The number of hydrogen-bond acceptors (Lipinski definition) is 29. The van der Waals surface area contributed by atoms with Gasteiger partial charge in [0.1, 0.15) is 54.0 Å². The maximum atomic E-state index is 14.7. The monoisotopic (exact) mass is 1690 g/mol. The number of ketones is 2. The molecule has 16 atom stereocenters. The van der Waals surface area contributed by atoms with Crippen molar-refractivity contribution in [2.45, 2.75) is 211 Å². The summed E-state index contributed by atoms with van der Waals surface area (Å²) in [4.78, 5) is 95.7. The van der Waals surface area contributed by atoms with E-state index in [0.29, 0.717) is 173 Å². The smallest absolute Gasteiger partial charge is 0.407 e. The summed E-state index contributed by atoms with van der Waals surface area (Å²) >= 11 is 0. The van der Waals surface area contributed by atoms with Crippen molar-refractivity contribution in [1.29, 1.82) is 0 Å². The number of carbonyl (C=O) groups excluding carboxylic acids is 6. The first-order chi connectivity index (χ1) is 57.8. The predicted octanol–water partition coefficient (Wildman–Crippen LogP) is 6.44. The molecule has 12 N–H and O–H groups in total. The molecule has 1 saturated carbocycles. The molecule has 120 heavy (non-hydrogen) atoms. The SMILES string of the molecule is CO[C@H]1C[C@@H]2CC[C@@H](C)[C@@](O)(O2)C(=O)C(=O)N2CCCC[C@H]2C(=O)O[C@H]([C@H](N)C[C@@H]2CC[C@@H](OC(=O)NCCOCCOCCOCCOCCOCCOCCOCCOCCC(=O)NCCCCn3nc(-c4cc5cc(O)ccc5[nH]4)c4c(N)ncnc43)[C@H](OC)C2)C[C@@H](O)[C@H](C)/C=C(\C)[C@@H](O)[C@@H](O)C(=O)[C@H](C)C[C@H](C)/C=C/C=CC=C1C. The van der Waals surface area contributed by atoms with Gasteiger partial charge in [-0.2, -0.15) is 5.10 Å². The van der Waals surface area contributed by atoms with Gasteiger partial charge in [-0.25, -0.2) is 24.2 Å². The van der Waals surface area contributed by atoms with Crippen molar-refractivity contribution in [3.63, 3.8) is 0 Å². The zero-order valence-electron chi connectivity index (χ0n) is 71.1. The lowest BCUT2D eigenvalue weighted by Crippen LogP contribution is -2.61. The molecule has 3 amide bonds. The standard InChI is InChI=1S/C86H132N10O24/c1-55-16-10-9-11-17-56(2)71(108-7)52-64-22-19-60(6)86(107,120-64)80(103)83(104)95-28-14-12-18-68(95)84(105)118-72(53-69(98)57(3)47-59(5)78(101)79(102)77(100)58(4)46-55)65(87)48-61-20-24-70(73(49-61)109-8)119-85(106)90-27-31-111-33-35-113-37-39-115-41-43-117-45-44-116-42-40-114-38-36-112-34-32-110-30-25-74(99)89-26-13-15-29-96-82-75(81(88)91-54-92-82)76(94-96)67-51-62-50-63(97)21-23-66(62)93-67/h9-11,16-17,21,23,47,50-51,54-55,57-58,60-61,64-65,68-73,78-79,93,97-98,101-102,107H,12-15,18-20,22,24-46,48-49,52-53,87H2,1-8H3,(H,89,99)(H,90,106)(H2,88,91,92)/b11-9?,16-10+,56-17?,59-47+/t55-,57-,58-,60-,61+,64+,65-,68+,69-,70-,71+,72+,73-,78-,79+,86-/m1/s1. The molecular weight excluding hydrogens is 1560 g/mol. The molecular formula is C86H132N10O24. The molecule has 0 unspecified atom stereocenters. The molecule has 6 heterocycles. The molecule has 4 aliphatic rings. The van der Waals surface area contributed by atoms with Gasteiger partial charge in [-0.1, -0.05) is 64.2 Å². The fourth-order valence-corrected chi connectivity index (χ4v) is 15.5. The quantitative estimate of drug-likeness (QED) is 0.00994. The average Bonchev–Trinajstić information content (AvgIpc) is 1.58. The van der Waals surface area contributed by atoms with Crippen LogP contribution >= 0.6 is 0 Å². The Kier molecular flexibility index (Phi) is 41.8. The number of alkyl carbamates (subject to hydrolysis) is 1. The number of aromatic amines is 1. The maximum Gasteiger partial charge on any atom is 0.407 e. The summed E-state index contributed by atoms with van der Waals surface area (Å²) in [5, 5.41) is 68.4. The third-order valence-electron chi connectivity index (χ3n) is 22.5. The minimum Gasteiger partial charge on any atom is -0.508 e. The minimum absolute atomic E-state index is 0.0153. The van der Waals surface area contributed by atoms with Crippen LogP contribution in [0.15, 0.2) is 78.2 Å². The number of aryl methyl sites for hydroxylation is 1. The van der Waals surface area contributed by atoms with Gasteiger partial charge in [-0.05, 0) is 138 Å². The van der Waals surface area contributed by atoms with Crippen molar-refractivity contribution < 1.29 is 116 Å². The number of nitrogens with one attached hydrogen (secondary N) is 3. The van der Waals surface area contributed by atoms with Crippen molar-refractivity contribution >= 4 is 63.2 Å². The molecule has 3 aromatic heterocycles. The Balaban J connectivity index is 0.648. The lowest BCUT2D eigenvalue weighted by molar-refractivity contribution is -0.265. The van der Waals surface area contributed by atoms with Gasteiger partial charge in [0.2, 0.25) is 11.7 Å². The summed E-state index contributed by atoms with van der Waals surface area (Å²) in [6.45, 7) is 17.4. The number of allylic oxidation sites excluding steroid dienone is 5. The lowest BCUT2D eigenvalue weighted by Gasteiger charge is -2.42. The van der Waals surface area contributed by atoms with Crippen LogP contribution in [-0.4, -0.2) is 297 Å². The summed E-state index contributed by atoms with van der Waals surface area (Å²) in [7, 11) is 3.07. The number of H-pyrrole nitrogens is 1. The normalized spacial score (nSPS) is 27.2. The summed E-state index contributed by atoms with van der Waals surface area (Å²) in [6, 6.07) is 4.84. The number of aromatic hydroxyl groups is 1. The fourth-order valence-electron chi connectivity index (χ4n) is 15.5. The number of benzene rings is 1. The summed E-state index contributed by atoms with van der Waals surface area (Å²) in [6.07, 6.45) is 9.37. The summed E-state index contributed by atoms with van der Waals surface area (Å²) < 4.78 is 76.5. The predicted molar refractivity (Wildman–Crippen MR) is 445 cm³/mol. The highest BCUT2D eigenvalue weighted by Crippen LogP contribution is 2.39. The van der Waals surface area contributed by atoms with E-state index < -0.39 is 114 Å². The number of phenols is 1. The summed E-state index contributed by atoms with van der Waals surface area (Å²) in [5.74, 6) is -8.10. The van der Waals surface area contributed by atoms with Crippen LogP contribution in [0, 0.1) is 29.6 Å². The molecule has 34 nitrogen and oxygen atoms in total. The maximum absolute atomic E-state index is 14.7. The van der Waals surface area contributed by atoms with E-state index in [1.165, 1.54) is 13.4 Å². The number of nitrogen functional groups attached to an aromatic ring is 1. The van der Waals surface area contributed by atoms with Crippen LogP contribution in [0.3, 0.4) is 0 Å². The number of nitrogens with zero attached hydrogens (tertiary/aromatic N) is 5. The highest BCUT2D eigenvalue weighted by Gasteiger charge is 2.53. The van der Waals surface area contributed by atoms with Gasteiger partial charge in [0.05, 0.1) is 141 Å². The second-order valence-corrected chi connectivity index (χ2v) is 31.8. The van der Waals surface area contributed by atoms with E-state index in [0.717, 1.165) is 39.9 Å². The van der Waals surface area contributed by atoms with Crippen LogP contribution in [0.2, 0.25) is 0 Å². The second-order valence-electron chi connectivity index (χ2n) is 31.8. The molecule has 34 heteroatoms. The van der Waals surface area contributed by atoms with E-state index in [2.05, 4.69) is 25.6 Å². The molecule has 1 aromatic carbocycles. The Morgan fingerprint density at radius 2 is 1.37 bits per heavy atom. The van der Waals surface area contributed by atoms with Gasteiger partial charge in [0.25, 0.3) is 11.7 Å². The number of aliphatic hydroxyl groups is 4. The Hall–Kier alpha value is -7.75. The number of amides is 3. The van der Waals surface area contributed by atoms with E-state index in [4.69, 9.17) is 78.1 Å². The number of cyclic esters (lactones) is 1. The Labute approximate surface area is 703 Å². The summed E-state index contributed by atoms with van der Waals surface area (Å²) in [5.41, 5.74) is 17.2. The van der Waals surface area contributed by atoms with Gasteiger partial charge in [0.15, 0.2) is 11.4 Å². The number of fused-ring (bicyclic) bond motifs is 5. The number of esters is 1. The van der Waals surface area contributed by atoms with Gasteiger partial charge >= 0.3 is 12.1 Å². The molecule has 670 valence electrons. The van der Waals surface area contributed by atoms with Crippen LogP contribution in [-0.2, 0) is 92.1 Å². The van der Waals surface area contributed by atoms with Crippen LogP contribution in [0.1, 0.15) is 138 Å². The number of methoxy groups -OCH3 is 2. The van der Waals surface area contributed by atoms with E-state index in [-0.39, 0.29) is 94.1 Å². The van der Waals surface area contributed by atoms with Crippen LogP contribution in [0.25, 0.3) is 33.3 Å². The molecule has 8 rings (SSSR count). The number of Topliss-reactive ketones (excluding diaryl/α,β-unsaturated/α-hetero) is 2. The van der Waals surface area contributed by atoms with Crippen molar-refractivity contribution in [3.05, 3.63) is 78.2 Å². The van der Waals surface area contributed by atoms with Crippen LogP contribution in [0.5, 0.6) is 5.75 Å². The number of ether oxygens (including phenoxy) is 13. The molecule has 0 radical (unpaired) electrons. The number of nitrogens with two attached hydrogens (primary N) is 2. The molecule has 3 fully saturated rings. The third kappa shape index (κ3) is 30.6. The molecule has 1 aliphatic carbocycles. The zero-order valence-corrected chi connectivity index (χ0v) is 71.1. The third-order valence-corrected chi connectivity index (χ3v) is 22.5. The van der Waals surface area contributed by atoms with E-state index in [9.17, 15) is 54.3 Å². The average molecular weight is 1690 g/mol. The van der Waals surface area contributed by atoms with E-state index in [1.54, 1.807) is 63.8 Å². The van der Waals surface area contributed by atoms with Crippen LogP contribution < -0.4 is 22.1 Å². The molecule has 0 spiro atoms. The lowest BCUT2D eigenvalue weighted by atomic mass is 9.80. The molecule has 2 saturated heterocycles. The number of rotatable bonds is 39. The first-order valence-corrected chi connectivity index (χ1v) is 42.5. The highest BCUT2D eigenvalue weighted by atomic mass is 16.6. The molecule has 3 aliphatic heterocycles. The number of carbonyl (C=O) groups is 6. The zero-order chi connectivity index (χ0) is 86.5. The Bertz CT molecular complexity index is 3950. The van der Waals surface area contributed by atoms with Gasteiger partial charge in [-0.15, -0.1) is 0 Å². The Morgan fingerprint density at radius 1 is 0.708 bits per heavy atom. The van der Waals surface area contributed by atoms with E-state index >= 15 is 0 Å². The Morgan fingerprint density at radius 3 is 2.02 bits per heavy atom. The first kappa shape index (κ1) is 97.7. The van der Waals surface area contributed by atoms with E-state index in [1.807, 2.05) is 50.3 Å². The number of aliphatic hydroxyl groups excluding tert-OH is 3. The van der Waals surface area contributed by atoms with Crippen molar-refractivity contribution in [3.8, 4) is 17.1 Å². The van der Waals surface area contributed by atoms with Crippen LogP contribution in [0.4, 0.5) is 10.6 Å². The van der Waals surface area contributed by atoms with Crippen molar-refractivity contribution in [1.82, 2.24) is 40.3 Å². The second kappa shape index (κ2) is 51.4. The topological polar surface area (TPSA) is 462 Å². The fraction of sp³-hybridized carbons (Fsp3) is 0.686. The molecule has 4 aromatic rings. The van der Waals surface area contributed by atoms with Gasteiger partial charge in [0, 0.05) is 94.4 Å². The largest absolute Gasteiger partial charge is 0.508 e. The number of hydrogen-bond donors (Lipinski definition) is 10. The highest BCUT2D eigenvalue weighted by molar-refractivity contribution is 6.39. The van der Waals surface area contributed by atoms with Gasteiger partial charge < -0.3 is 119 Å². The number of phenolic OH excluding ortho intramolecular Hbond substituents is 1. The number of unbranched alkanes of at least 4 members (excludes halogenated alkanes) is 1. The number of anilines is 1. The molecule has 2 bridgehead atoms. The minimum atomic E-state index is -2.50.